The van der Waals surface area contributed by atoms with Crippen LogP contribution in [-0.2, 0) is 0 Å². The zero-order chi connectivity index (χ0) is 11.5. The highest BCUT2D eigenvalue weighted by atomic mass is 35.5. The quantitative estimate of drug-likeness (QED) is 0.853. The molecule has 16 heavy (non-hydrogen) atoms. The third kappa shape index (κ3) is 2.33. The van der Waals surface area contributed by atoms with Crippen molar-refractivity contribution in [3.63, 3.8) is 0 Å². The van der Waals surface area contributed by atoms with Gasteiger partial charge in [-0.05, 0) is 17.5 Å². The van der Waals surface area contributed by atoms with Gasteiger partial charge < -0.3 is 10.2 Å². The molecule has 3 heteroatoms. The van der Waals surface area contributed by atoms with Crippen molar-refractivity contribution in [3.8, 4) is 0 Å². The molecule has 88 valence electrons. The summed E-state index contributed by atoms with van der Waals surface area (Å²) < 4.78 is 0. The van der Waals surface area contributed by atoms with Gasteiger partial charge in [-0.2, -0.15) is 0 Å². The highest BCUT2D eigenvalue weighted by Gasteiger charge is 2.18. The molecule has 1 heterocycles. The van der Waals surface area contributed by atoms with Crippen molar-refractivity contribution in [1.82, 2.24) is 5.32 Å². The number of piperazine rings is 1. The molecule has 0 aliphatic carbocycles. The van der Waals surface area contributed by atoms with Crippen LogP contribution in [0.1, 0.15) is 25.3 Å². The van der Waals surface area contributed by atoms with Crippen molar-refractivity contribution >= 4 is 17.3 Å². The van der Waals surface area contributed by atoms with E-state index >= 15 is 0 Å². The van der Waals surface area contributed by atoms with Crippen LogP contribution in [0.5, 0.6) is 0 Å². The first-order chi connectivity index (χ1) is 7.70. The van der Waals surface area contributed by atoms with Gasteiger partial charge >= 0.3 is 0 Å². The number of nitrogens with zero attached hydrogens (tertiary/aromatic N) is 1. The Balaban J connectivity index is 2.36. The second-order valence-electron chi connectivity index (χ2n) is 4.57. The zero-order valence-corrected chi connectivity index (χ0v) is 10.7. The van der Waals surface area contributed by atoms with Gasteiger partial charge in [0.25, 0.3) is 0 Å². The largest absolute Gasteiger partial charge is 0.368 e. The van der Waals surface area contributed by atoms with E-state index in [-0.39, 0.29) is 0 Å². The smallest absolute Gasteiger partial charge is 0.0642 e. The summed E-state index contributed by atoms with van der Waals surface area (Å²) in [7, 11) is 0. The topological polar surface area (TPSA) is 15.3 Å². The highest BCUT2D eigenvalue weighted by Crippen LogP contribution is 2.34. The lowest BCUT2D eigenvalue weighted by atomic mass is 10.00. The number of hydrogen-bond acceptors (Lipinski definition) is 2. The van der Waals surface area contributed by atoms with Gasteiger partial charge in [0.15, 0.2) is 0 Å². The average molecular weight is 239 g/mol. The number of rotatable bonds is 2. The number of anilines is 1. The first-order valence-electron chi connectivity index (χ1n) is 5.94. The molecule has 0 bridgehead atoms. The molecule has 0 atom stereocenters. The van der Waals surface area contributed by atoms with Crippen molar-refractivity contribution in [1.29, 1.82) is 0 Å². The summed E-state index contributed by atoms with van der Waals surface area (Å²) >= 11 is 6.34. The van der Waals surface area contributed by atoms with Crippen molar-refractivity contribution in [2.45, 2.75) is 19.8 Å². The molecule has 1 fully saturated rings. The summed E-state index contributed by atoms with van der Waals surface area (Å²) in [6, 6.07) is 6.22. The molecule has 0 spiro atoms. The van der Waals surface area contributed by atoms with E-state index in [1.54, 1.807) is 0 Å². The second-order valence-corrected chi connectivity index (χ2v) is 4.98. The predicted molar refractivity (Wildman–Crippen MR) is 70.6 cm³/mol. The Hall–Kier alpha value is -0.730. The van der Waals surface area contributed by atoms with Crippen molar-refractivity contribution in [3.05, 3.63) is 28.8 Å². The highest BCUT2D eigenvalue weighted by molar-refractivity contribution is 6.33. The molecule has 1 saturated heterocycles. The van der Waals surface area contributed by atoms with E-state index in [1.165, 1.54) is 11.3 Å². The van der Waals surface area contributed by atoms with E-state index in [4.69, 9.17) is 11.6 Å². The second kappa shape index (κ2) is 5.07. The number of nitrogens with one attached hydrogen (secondary N) is 1. The third-order valence-electron chi connectivity index (χ3n) is 3.07. The third-order valence-corrected chi connectivity index (χ3v) is 3.38. The van der Waals surface area contributed by atoms with Gasteiger partial charge in [0.2, 0.25) is 0 Å². The van der Waals surface area contributed by atoms with Gasteiger partial charge in [0.05, 0.1) is 10.7 Å². The van der Waals surface area contributed by atoms with Crippen molar-refractivity contribution in [2.75, 3.05) is 31.1 Å². The average Bonchev–Trinajstić information content (AvgIpc) is 2.29. The van der Waals surface area contributed by atoms with Crippen molar-refractivity contribution in [2.24, 2.45) is 0 Å². The summed E-state index contributed by atoms with van der Waals surface area (Å²) in [5, 5.41) is 4.25. The summed E-state index contributed by atoms with van der Waals surface area (Å²) in [6.45, 7) is 8.62. The lowest BCUT2D eigenvalue weighted by molar-refractivity contribution is 0.586. The normalized spacial score (nSPS) is 16.9. The fourth-order valence-electron chi connectivity index (χ4n) is 2.22. The van der Waals surface area contributed by atoms with Gasteiger partial charge in [-0.1, -0.05) is 37.6 Å². The van der Waals surface area contributed by atoms with Gasteiger partial charge in [-0.15, -0.1) is 0 Å². The Kier molecular flexibility index (Phi) is 3.72. The molecule has 0 saturated carbocycles. The van der Waals surface area contributed by atoms with E-state index in [1.807, 2.05) is 12.1 Å². The molecule has 1 aliphatic rings. The Morgan fingerprint density at radius 3 is 2.56 bits per heavy atom. The van der Waals surface area contributed by atoms with Crippen LogP contribution in [0.15, 0.2) is 18.2 Å². The molecule has 0 amide bonds. The van der Waals surface area contributed by atoms with Crippen LogP contribution in [0, 0.1) is 0 Å². The Bertz CT molecular complexity index is 357. The van der Waals surface area contributed by atoms with Crippen LogP contribution >= 0.6 is 11.6 Å². The Labute approximate surface area is 103 Å². The number of para-hydroxylation sites is 1. The van der Waals surface area contributed by atoms with E-state index in [9.17, 15) is 0 Å². The SMILES string of the molecule is CC(C)c1cccc(Cl)c1N1CCNCC1. The molecule has 1 aromatic carbocycles. The maximum absolute atomic E-state index is 6.34. The maximum Gasteiger partial charge on any atom is 0.0642 e. The van der Waals surface area contributed by atoms with Crippen LogP contribution in [0.25, 0.3) is 0 Å². The molecule has 2 nitrogen and oxygen atoms in total. The van der Waals surface area contributed by atoms with Gasteiger partial charge in [0.1, 0.15) is 0 Å². The summed E-state index contributed by atoms with van der Waals surface area (Å²) in [6.07, 6.45) is 0. The minimum absolute atomic E-state index is 0.517. The predicted octanol–water partition coefficient (Wildman–Crippen LogP) is 2.87. The molecule has 0 radical (unpaired) electrons. The number of benzene rings is 1. The van der Waals surface area contributed by atoms with Crippen LogP contribution in [0.3, 0.4) is 0 Å². The lowest BCUT2D eigenvalue weighted by Crippen LogP contribution is -2.44. The van der Waals surface area contributed by atoms with Gasteiger partial charge in [0, 0.05) is 26.2 Å². The van der Waals surface area contributed by atoms with E-state index in [0.717, 1.165) is 31.2 Å². The van der Waals surface area contributed by atoms with Crippen LogP contribution in [-0.4, -0.2) is 26.2 Å². The van der Waals surface area contributed by atoms with Crippen LogP contribution in [0.2, 0.25) is 5.02 Å². The Morgan fingerprint density at radius 2 is 1.94 bits per heavy atom. The summed E-state index contributed by atoms with van der Waals surface area (Å²) in [4.78, 5) is 2.40. The minimum Gasteiger partial charge on any atom is -0.368 e. The molecule has 0 unspecified atom stereocenters. The minimum atomic E-state index is 0.517. The number of halogens is 1. The molecule has 1 aromatic rings. The monoisotopic (exact) mass is 238 g/mol. The molecular formula is C13H19ClN2. The first-order valence-corrected chi connectivity index (χ1v) is 6.32. The van der Waals surface area contributed by atoms with E-state index < -0.39 is 0 Å². The molecule has 0 aromatic heterocycles. The van der Waals surface area contributed by atoms with Crippen molar-refractivity contribution < 1.29 is 0 Å². The summed E-state index contributed by atoms with van der Waals surface area (Å²) in [5.74, 6) is 0.517. The molecular weight excluding hydrogens is 220 g/mol. The number of hydrogen-bond donors (Lipinski definition) is 1. The zero-order valence-electron chi connectivity index (χ0n) is 9.96. The summed E-state index contributed by atoms with van der Waals surface area (Å²) in [5.41, 5.74) is 2.59. The Morgan fingerprint density at radius 1 is 1.25 bits per heavy atom. The molecule has 1 N–H and O–H groups in total. The fraction of sp³-hybridized carbons (Fsp3) is 0.538. The van der Waals surface area contributed by atoms with Crippen LogP contribution < -0.4 is 10.2 Å². The fourth-order valence-corrected chi connectivity index (χ4v) is 2.52. The first kappa shape index (κ1) is 11.7. The van der Waals surface area contributed by atoms with E-state index in [2.05, 4.69) is 30.1 Å². The van der Waals surface area contributed by atoms with Gasteiger partial charge in [-0.3, -0.25) is 0 Å². The standard InChI is InChI=1S/C13H19ClN2/c1-10(2)11-4-3-5-12(14)13(11)16-8-6-15-7-9-16/h3-5,10,15H,6-9H2,1-2H3. The maximum atomic E-state index is 6.34. The molecule has 1 aliphatic heterocycles. The van der Waals surface area contributed by atoms with Crippen LogP contribution in [0.4, 0.5) is 5.69 Å². The lowest BCUT2D eigenvalue weighted by Gasteiger charge is -2.32. The molecule has 2 rings (SSSR count). The van der Waals surface area contributed by atoms with E-state index in [0.29, 0.717) is 5.92 Å². The van der Waals surface area contributed by atoms with Gasteiger partial charge in [-0.25, -0.2) is 0 Å².